The Labute approximate surface area is 113 Å². The molecule has 2 nitrogen and oxygen atoms in total. The molecule has 1 fully saturated rings. The van der Waals surface area contributed by atoms with E-state index in [0.29, 0.717) is 5.92 Å². The maximum atomic E-state index is 12.4. The summed E-state index contributed by atoms with van der Waals surface area (Å²) in [6.07, 6.45) is 2.35. The Morgan fingerprint density at radius 2 is 1.89 bits per heavy atom. The van der Waals surface area contributed by atoms with Crippen LogP contribution in [0.1, 0.15) is 45.1 Å². The smallest absolute Gasteiger partial charge is 0.0997 e. The Hall–Kier alpha value is -0.670. The highest BCUT2D eigenvalue weighted by molar-refractivity contribution is 7.84. The number of benzene rings is 1. The number of rotatable bonds is 2. The maximum Gasteiger partial charge on any atom is 0.0997 e. The van der Waals surface area contributed by atoms with Gasteiger partial charge in [0.1, 0.15) is 0 Å². The molecule has 0 bridgehead atoms. The van der Waals surface area contributed by atoms with E-state index in [-0.39, 0.29) is 4.75 Å². The van der Waals surface area contributed by atoms with Crippen molar-refractivity contribution in [1.82, 2.24) is 4.31 Å². The molecule has 1 aliphatic rings. The molecular weight excluding hydrogens is 242 g/mol. The Bertz CT molecular complexity index is 410. The minimum Gasteiger partial charge on any atom is -0.242 e. The Morgan fingerprint density at radius 1 is 1.22 bits per heavy atom. The summed E-state index contributed by atoms with van der Waals surface area (Å²) in [7, 11) is -0.885. The van der Waals surface area contributed by atoms with Gasteiger partial charge in [-0.3, -0.25) is 0 Å². The number of piperidine rings is 1. The van der Waals surface area contributed by atoms with Crippen LogP contribution in [-0.2, 0) is 11.0 Å². The standard InChI is InChI=1S/C15H23NOS/c1-15(2,3)18(17)16-11-7-10-14(12-16)13-8-5-4-6-9-13/h4-6,8-9,14H,7,10-12H2,1-3H3/t14-,18+/m0/s1. The third-order valence-corrected chi connectivity index (χ3v) is 5.26. The molecule has 0 saturated carbocycles. The third-order valence-electron chi connectivity index (χ3n) is 3.41. The van der Waals surface area contributed by atoms with Gasteiger partial charge in [0.15, 0.2) is 0 Å². The van der Waals surface area contributed by atoms with Gasteiger partial charge in [-0.05, 0) is 45.1 Å². The number of hydrogen-bond donors (Lipinski definition) is 0. The van der Waals surface area contributed by atoms with Crippen molar-refractivity contribution in [2.75, 3.05) is 13.1 Å². The van der Waals surface area contributed by atoms with Crippen molar-refractivity contribution in [3.8, 4) is 0 Å². The summed E-state index contributed by atoms with van der Waals surface area (Å²) in [6.45, 7) is 8.04. The lowest BCUT2D eigenvalue weighted by Crippen LogP contribution is -2.42. The van der Waals surface area contributed by atoms with Gasteiger partial charge in [0.2, 0.25) is 0 Å². The van der Waals surface area contributed by atoms with Crippen LogP contribution in [0.2, 0.25) is 0 Å². The second-order valence-electron chi connectivity index (χ2n) is 6.00. The Kier molecular flexibility index (Phi) is 4.23. The van der Waals surface area contributed by atoms with E-state index in [1.54, 1.807) is 0 Å². The Balaban J connectivity index is 2.08. The van der Waals surface area contributed by atoms with Gasteiger partial charge in [0.25, 0.3) is 0 Å². The molecule has 100 valence electrons. The topological polar surface area (TPSA) is 20.3 Å². The summed E-state index contributed by atoms with van der Waals surface area (Å²) in [5.74, 6) is 0.534. The van der Waals surface area contributed by atoms with Crippen molar-refractivity contribution in [3.05, 3.63) is 35.9 Å². The molecule has 1 aromatic rings. The largest absolute Gasteiger partial charge is 0.242 e. The van der Waals surface area contributed by atoms with Crippen LogP contribution in [0.3, 0.4) is 0 Å². The molecule has 2 atom stereocenters. The Morgan fingerprint density at radius 3 is 2.50 bits per heavy atom. The van der Waals surface area contributed by atoms with Gasteiger partial charge < -0.3 is 0 Å². The van der Waals surface area contributed by atoms with E-state index in [0.717, 1.165) is 19.5 Å². The summed E-state index contributed by atoms with van der Waals surface area (Å²) < 4.78 is 14.4. The van der Waals surface area contributed by atoms with E-state index in [1.807, 2.05) is 0 Å². The summed E-state index contributed by atoms with van der Waals surface area (Å²) in [5, 5.41) is 0. The lowest BCUT2D eigenvalue weighted by Gasteiger charge is -2.35. The summed E-state index contributed by atoms with van der Waals surface area (Å²) in [5.41, 5.74) is 1.38. The normalized spacial score (nSPS) is 23.8. The molecule has 0 radical (unpaired) electrons. The molecule has 18 heavy (non-hydrogen) atoms. The average molecular weight is 265 g/mol. The lowest BCUT2D eigenvalue weighted by atomic mass is 9.92. The molecule has 0 aliphatic carbocycles. The SMILES string of the molecule is CC(C)(C)[S@@](=O)N1CCC[C@H](c2ccccc2)C1. The molecule has 3 heteroatoms. The fourth-order valence-corrected chi connectivity index (χ4v) is 3.86. The average Bonchev–Trinajstić information content (AvgIpc) is 2.38. The van der Waals surface area contributed by atoms with Crippen LogP contribution in [0.15, 0.2) is 30.3 Å². The van der Waals surface area contributed by atoms with Crippen LogP contribution in [-0.4, -0.2) is 26.4 Å². The van der Waals surface area contributed by atoms with Gasteiger partial charge >= 0.3 is 0 Å². The zero-order valence-corrected chi connectivity index (χ0v) is 12.4. The first-order valence-electron chi connectivity index (χ1n) is 6.70. The van der Waals surface area contributed by atoms with Gasteiger partial charge in [0, 0.05) is 13.1 Å². The van der Waals surface area contributed by atoms with Crippen LogP contribution in [0, 0.1) is 0 Å². The zero-order valence-electron chi connectivity index (χ0n) is 11.6. The minimum atomic E-state index is -0.885. The molecule has 0 N–H and O–H groups in total. The summed E-state index contributed by atoms with van der Waals surface area (Å²) in [6, 6.07) is 10.6. The van der Waals surface area contributed by atoms with Crippen molar-refractivity contribution in [3.63, 3.8) is 0 Å². The van der Waals surface area contributed by atoms with E-state index < -0.39 is 11.0 Å². The molecule has 0 spiro atoms. The van der Waals surface area contributed by atoms with E-state index in [4.69, 9.17) is 0 Å². The monoisotopic (exact) mass is 265 g/mol. The predicted octanol–water partition coefficient (Wildman–Crippen LogP) is 3.33. The summed E-state index contributed by atoms with van der Waals surface area (Å²) >= 11 is 0. The lowest BCUT2D eigenvalue weighted by molar-refractivity contribution is 0.325. The van der Waals surface area contributed by atoms with Crippen molar-refractivity contribution in [2.45, 2.75) is 44.3 Å². The second kappa shape index (κ2) is 5.54. The van der Waals surface area contributed by atoms with Crippen molar-refractivity contribution in [1.29, 1.82) is 0 Å². The van der Waals surface area contributed by atoms with Gasteiger partial charge in [-0.1, -0.05) is 30.3 Å². The van der Waals surface area contributed by atoms with Crippen LogP contribution in [0.4, 0.5) is 0 Å². The zero-order chi connectivity index (χ0) is 13.2. The predicted molar refractivity (Wildman–Crippen MR) is 77.9 cm³/mol. The molecule has 1 heterocycles. The van der Waals surface area contributed by atoms with Gasteiger partial charge in [0.05, 0.1) is 15.7 Å². The fourth-order valence-electron chi connectivity index (χ4n) is 2.48. The molecule has 0 unspecified atom stereocenters. The molecular formula is C15H23NOS. The molecule has 1 aromatic carbocycles. The first-order chi connectivity index (χ1) is 8.48. The first kappa shape index (κ1) is 13.8. The van der Waals surface area contributed by atoms with Gasteiger partial charge in [-0.2, -0.15) is 0 Å². The second-order valence-corrected chi connectivity index (χ2v) is 8.24. The van der Waals surface area contributed by atoms with Gasteiger partial charge in [-0.15, -0.1) is 0 Å². The van der Waals surface area contributed by atoms with Gasteiger partial charge in [-0.25, -0.2) is 8.51 Å². The van der Waals surface area contributed by atoms with Crippen molar-refractivity contribution >= 4 is 11.0 Å². The highest BCUT2D eigenvalue weighted by Gasteiger charge is 2.30. The molecule has 1 saturated heterocycles. The summed E-state index contributed by atoms with van der Waals surface area (Å²) in [4.78, 5) is 0. The van der Waals surface area contributed by atoms with Crippen LogP contribution in [0.5, 0.6) is 0 Å². The molecule has 0 amide bonds. The van der Waals surface area contributed by atoms with Crippen LogP contribution < -0.4 is 0 Å². The highest BCUT2D eigenvalue weighted by Crippen LogP contribution is 2.29. The molecule has 1 aliphatic heterocycles. The minimum absolute atomic E-state index is 0.154. The van der Waals surface area contributed by atoms with E-state index >= 15 is 0 Å². The van der Waals surface area contributed by atoms with E-state index in [9.17, 15) is 4.21 Å². The highest BCUT2D eigenvalue weighted by atomic mass is 32.2. The van der Waals surface area contributed by atoms with E-state index in [1.165, 1.54) is 12.0 Å². The fraction of sp³-hybridized carbons (Fsp3) is 0.600. The van der Waals surface area contributed by atoms with Crippen molar-refractivity contribution < 1.29 is 4.21 Å². The third kappa shape index (κ3) is 3.21. The molecule has 0 aromatic heterocycles. The quantitative estimate of drug-likeness (QED) is 0.803. The van der Waals surface area contributed by atoms with Crippen molar-refractivity contribution in [2.24, 2.45) is 0 Å². The maximum absolute atomic E-state index is 12.4. The van der Waals surface area contributed by atoms with Crippen LogP contribution in [0.25, 0.3) is 0 Å². The molecule has 2 rings (SSSR count). The first-order valence-corrected chi connectivity index (χ1v) is 7.81. The van der Waals surface area contributed by atoms with Crippen LogP contribution >= 0.6 is 0 Å². The number of nitrogens with zero attached hydrogens (tertiary/aromatic N) is 1. The number of hydrogen-bond acceptors (Lipinski definition) is 1. The van der Waals surface area contributed by atoms with E-state index in [2.05, 4.69) is 55.4 Å².